The predicted molar refractivity (Wildman–Crippen MR) is 84.8 cm³/mol. The Bertz CT molecular complexity index is 539. The van der Waals surface area contributed by atoms with Crippen molar-refractivity contribution in [1.82, 2.24) is 10.0 Å². The third-order valence-corrected chi connectivity index (χ3v) is 6.29. The van der Waals surface area contributed by atoms with Crippen LogP contribution in [0.15, 0.2) is 29.2 Å². The SMILES string of the molecule is O=C(NSc1ccc(F)cc1)NC12CC3CC(CC(C3)C1)C2. The summed E-state index contributed by atoms with van der Waals surface area (Å²) < 4.78 is 15.7. The van der Waals surface area contributed by atoms with Crippen LogP contribution in [0.4, 0.5) is 9.18 Å². The van der Waals surface area contributed by atoms with Gasteiger partial charge in [0.1, 0.15) is 5.82 Å². The summed E-state index contributed by atoms with van der Waals surface area (Å²) in [5.41, 5.74) is 0.0299. The summed E-state index contributed by atoms with van der Waals surface area (Å²) in [5, 5.41) is 3.26. The molecule has 3 nitrogen and oxygen atoms in total. The highest BCUT2D eigenvalue weighted by Crippen LogP contribution is 2.55. The number of carbonyl (C=O) groups excluding carboxylic acids is 1. The Morgan fingerprint density at radius 3 is 2.14 bits per heavy atom. The number of carbonyl (C=O) groups is 1. The Hall–Kier alpha value is -1.23. The molecule has 5 rings (SSSR count). The molecule has 5 heteroatoms. The molecule has 4 aliphatic carbocycles. The second-order valence-electron chi connectivity index (χ2n) is 7.31. The van der Waals surface area contributed by atoms with Gasteiger partial charge in [-0.15, -0.1) is 0 Å². The van der Waals surface area contributed by atoms with Crippen molar-refractivity contribution in [2.75, 3.05) is 0 Å². The van der Waals surface area contributed by atoms with Crippen molar-refractivity contribution in [1.29, 1.82) is 0 Å². The van der Waals surface area contributed by atoms with Crippen LogP contribution in [0.5, 0.6) is 0 Å². The molecule has 0 aromatic heterocycles. The molecule has 22 heavy (non-hydrogen) atoms. The first-order valence-corrected chi connectivity index (χ1v) is 8.92. The van der Waals surface area contributed by atoms with Crippen molar-refractivity contribution in [3.8, 4) is 0 Å². The molecular formula is C17H21FN2OS. The molecule has 4 aliphatic rings. The molecule has 0 unspecified atom stereocenters. The second kappa shape index (κ2) is 5.44. The van der Waals surface area contributed by atoms with E-state index in [-0.39, 0.29) is 17.4 Å². The zero-order chi connectivity index (χ0) is 15.2. The highest BCUT2D eigenvalue weighted by molar-refractivity contribution is 7.98. The van der Waals surface area contributed by atoms with Crippen molar-refractivity contribution in [3.63, 3.8) is 0 Å². The Morgan fingerprint density at radius 2 is 1.59 bits per heavy atom. The fourth-order valence-electron chi connectivity index (χ4n) is 5.14. The smallest absolute Gasteiger partial charge is 0.325 e. The molecule has 118 valence electrons. The van der Waals surface area contributed by atoms with Gasteiger partial charge >= 0.3 is 6.03 Å². The summed E-state index contributed by atoms with van der Waals surface area (Å²) in [6.45, 7) is 0. The Balaban J connectivity index is 1.35. The van der Waals surface area contributed by atoms with Crippen molar-refractivity contribution in [3.05, 3.63) is 30.1 Å². The summed E-state index contributed by atoms with van der Waals surface area (Å²) in [6, 6.07) is 6.04. The van der Waals surface area contributed by atoms with Crippen LogP contribution >= 0.6 is 11.9 Å². The lowest BCUT2D eigenvalue weighted by atomic mass is 9.53. The van der Waals surface area contributed by atoms with Crippen molar-refractivity contribution in [2.24, 2.45) is 17.8 Å². The molecule has 0 spiro atoms. The molecule has 1 aromatic carbocycles. The molecule has 4 saturated carbocycles. The van der Waals surface area contributed by atoms with E-state index in [0.717, 1.165) is 41.9 Å². The zero-order valence-corrected chi connectivity index (χ0v) is 13.3. The van der Waals surface area contributed by atoms with E-state index in [9.17, 15) is 9.18 Å². The molecular weight excluding hydrogens is 299 g/mol. The number of rotatable bonds is 3. The lowest BCUT2D eigenvalue weighted by molar-refractivity contribution is -0.0131. The largest absolute Gasteiger partial charge is 0.332 e. The molecule has 1 aromatic rings. The van der Waals surface area contributed by atoms with Crippen LogP contribution in [-0.2, 0) is 0 Å². The monoisotopic (exact) mass is 320 g/mol. The predicted octanol–water partition coefficient (Wildman–Crippen LogP) is 4.10. The number of hydrogen-bond donors (Lipinski definition) is 2. The van der Waals surface area contributed by atoms with Crippen LogP contribution in [-0.4, -0.2) is 11.6 Å². The zero-order valence-electron chi connectivity index (χ0n) is 12.5. The van der Waals surface area contributed by atoms with Crippen LogP contribution < -0.4 is 10.0 Å². The quantitative estimate of drug-likeness (QED) is 0.823. The van der Waals surface area contributed by atoms with Crippen LogP contribution in [0.25, 0.3) is 0 Å². The fraction of sp³-hybridized carbons (Fsp3) is 0.588. The molecule has 0 radical (unpaired) electrons. The standard InChI is InChI=1S/C17H21FN2OS/c18-14-1-3-15(4-2-14)22-20-16(21)19-17-8-11-5-12(9-17)7-13(6-11)10-17/h1-4,11-13H,5-10H2,(H2,19,20,21). The van der Waals surface area contributed by atoms with Gasteiger partial charge in [0.15, 0.2) is 0 Å². The Morgan fingerprint density at radius 1 is 1.05 bits per heavy atom. The minimum atomic E-state index is -0.262. The summed E-state index contributed by atoms with van der Waals surface area (Å²) in [4.78, 5) is 13.1. The molecule has 0 heterocycles. The summed E-state index contributed by atoms with van der Waals surface area (Å²) in [6.07, 6.45) is 7.54. The van der Waals surface area contributed by atoms with Gasteiger partial charge in [-0.25, -0.2) is 9.18 Å². The Kier molecular flexibility index (Phi) is 3.56. The number of nitrogens with one attached hydrogen (secondary N) is 2. The van der Waals surface area contributed by atoms with Gasteiger partial charge in [0.25, 0.3) is 0 Å². The number of hydrogen-bond acceptors (Lipinski definition) is 2. The normalized spacial score (nSPS) is 35.4. The van der Waals surface area contributed by atoms with E-state index in [0.29, 0.717) is 0 Å². The molecule has 2 N–H and O–H groups in total. The van der Waals surface area contributed by atoms with Gasteiger partial charge in [-0.05, 0) is 92.5 Å². The van der Waals surface area contributed by atoms with E-state index in [1.807, 2.05) is 0 Å². The van der Waals surface area contributed by atoms with Crippen LogP contribution in [0.1, 0.15) is 38.5 Å². The van der Waals surface area contributed by atoms with E-state index in [1.165, 1.54) is 43.3 Å². The van der Waals surface area contributed by atoms with Gasteiger partial charge in [-0.2, -0.15) is 0 Å². The van der Waals surface area contributed by atoms with E-state index in [4.69, 9.17) is 0 Å². The lowest BCUT2D eigenvalue weighted by Gasteiger charge is -2.56. The average molecular weight is 320 g/mol. The summed E-state index contributed by atoms with van der Waals surface area (Å²) in [5.74, 6) is 2.19. The second-order valence-corrected chi connectivity index (χ2v) is 8.19. The van der Waals surface area contributed by atoms with Gasteiger partial charge in [0.2, 0.25) is 0 Å². The third-order valence-electron chi connectivity index (χ3n) is 5.49. The van der Waals surface area contributed by atoms with E-state index in [2.05, 4.69) is 10.0 Å². The molecule has 2 amide bonds. The van der Waals surface area contributed by atoms with E-state index >= 15 is 0 Å². The highest BCUT2D eigenvalue weighted by atomic mass is 32.2. The van der Waals surface area contributed by atoms with Crippen molar-refractivity contribution >= 4 is 18.0 Å². The molecule has 0 aliphatic heterocycles. The first-order valence-electron chi connectivity index (χ1n) is 8.11. The van der Waals surface area contributed by atoms with Crippen LogP contribution in [0.3, 0.4) is 0 Å². The number of benzene rings is 1. The van der Waals surface area contributed by atoms with Crippen molar-refractivity contribution in [2.45, 2.75) is 49.0 Å². The topological polar surface area (TPSA) is 41.1 Å². The van der Waals surface area contributed by atoms with Crippen LogP contribution in [0, 0.1) is 23.6 Å². The van der Waals surface area contributed by atoms with E-state index < -0.39 is 0 Å². The molecule has 0 saturated heterocycles. The van der Waals surface area contributed by atoms with Gasteiger partial charge in [0, 0.05) is 10.4 Å². The molecule has 4 bridgehead atoms. The Labute approximate surface area is 134 Å². The summed E-state index contributed by atoms with van der Waals surface area (Å²) in [7, 11) is 0. The van der Waals surface area contributed by atoms with Crippen LogP contribution in [0.2, 0.25) is 0 Å². The van der Waals surface area contributed by atoms with Gasteiger partial charge < -0.3 is 5.32 Å². The van der Waals surface area contributed by atoms with Gasteiger partial charge in [0.05, 0.1) is 0 Å². The maximum Gasteiger partial charge on any atom is 0.325 e. The molecule has 4 fully saturated rings. The minimum Gasteiger partial charge on any atom is -0.332 e. The van der Waals surface area contributed by atoms with Gasteiger partial charge in [-0.1, -0.05) is 0 Å². The minimum absolute atomic E-state index is 0.0299. The maximum atomic E-state index is 12.9. The first kappa shape index (κ1) is 14.4. The highest BCUT2D eigenvalue weighted by Gasteiger charge is 2.51. The van der Waals surface area contributed by atoms with E-state index in [1.54, 1.807) is 12.1 Å². The van der Waals surface area contributed by atoms with Crippen molar-refractivity contribution < 1.29 is 9.18 Å². The fourth-order valence-corrected chi connectivity index (χ4v) is 5.67. The molecule has 0 atom stereocenters. The number of halogens is 1. The number of amides is 2. The number of urea groups is 1. The first-order chi connectivity index (χ1) is 10.6. The summed E-state index contributed by atoms with van der Waals surface area (Å²) >= 11 is 1.24. The maximum absolute atomic E-state index is 12.9. The average Bonchev–Trinajstić information content (AvgIpc) is 2.44. The van der Waals surface area contributed by atoms with Gasteiger partial charge in [-0.3, -0.25) is 4.72 Å². The lowest BCUT2D eigenvalue weighted by Crippen LogP contribution is -2.60. The third kappa shape index (κ3) is 2.83.